The first kappa shape index (κ1) is 25.5. The number of fused-ring (bicyclic) bond motifs is 1. The second-order valence-electron chi connectivity index (χ2n) is 9.08. The maximum atomic E-state index is 13.7. The molecule has 0 aliphatic carbocycles. The van der Waals surface area contributed by atoms with Gasteiger partial charge >= 0.3 is 5.97 Å². The number of benzene rings is 1. The smallest absolute Gasteiger partial charge is 0.303 e. The molecule has 3 amide bonds. The van der Waals surface area contributed by atoms with Crippen LogP contribution in [0, 0.1) is 5.92 Å². The number of nitrogens with one attached hydrogen (secondary N) is 4. The van der Waals surface area contributed by atoms with Crippen LogP contribution in [0.2, 0.25) is 0 Å². The molecule has 3 heterocycles. The molecule has 2 atom stereocenters. The Morgan fingerprint density at radius 1 is 1.14 bits per heavy atom. The van der Waals surface area contributed by atoms with Crippen molar-refractivity contribution in [3.63, 3.8) is 0 Å². The van der Waals surface area contributed by atoms with Crippen LogP contribution in [-0.4, -0.2) is 60.4 Å². The normalized spacial score (nSPS) is 15.3. The van der Waals surface area contributed by atoms with Gasteiger partial charge in [-0.15, -0.1) is 10.2 Å². The highest BCUT2D eigenvalue weighted by Gasteiger charge is 2.39. The lowest BCUT2D eigenvalue weighted by atomic mass is 10.0. The van der Waals surface area contributed by atoms with E-state index < -0.39 is 29.9 Å². The molecule has 5 N–H and O–H groups in total. The quantitative estimate of drug-likeness (QED) is 0.269. The maximum absolute atomic E-state index is 13.7. The van der Waals surface area contributed by atoms with E-state index in [1.165, 1.54) is 4.90 Å². The van der Waals surface area contributed by atoms with Crippen LogP contribution in [-0.2, 0) is 27.3 Å². The maximum Gasteiger partial charge on any atom is 0.303 e. The molecule has 2 aromatic heterocycles. The van der Waals surface area contributed by atoms with E-state index in [2.05, 4.69) is 36.2 Å². The van der Waals surface area contributed by atoms with E-state index in [1.54, 1.807) is 24.3 Å². The molecule has 0 radical (unpaired) electrons. The average molecular weight is 509 g/mol. The lowest BCUT2D eigenvalue weighted by Crippen LogP contribution is -2.48. The van der Waals surface area contributed by atoms with Crippen LogP contribution >= 0.6 is 0 Å². The molecule has 194 valence electrons. The van der Waals surface area contributed by atoms with Gasteiger partial charge in [0, 0.05) is 24.2 Å². The first-order chi connectivity index (χ1) is 17.7. The van der Waals surface area contributed by atoms with Crippen LogP contribution in [0.5, 0.6) is 0 Å². The number of amides is 3. The van der Waals surface area contributed by atoms with Crippen molar-refractivity contribution in [2.24, 2.45) is 5.92 Å². The van der Waals surface area contributed by atoms with Gasteiger partial charge in [0.1, 0.15) is 11.7 Å². The molecule has 37 heavy (non-hydrogen) atoms. The van der Waals surface area contributed by atoms with Gasteiger partial charge in [0.25, 0.3) is 5.91 Å². The molecule has 13 nitrogen and oxygen atoms in total. The number of hydrogen-bond acceptors (Lipinski definition) is 7. The number of anilines is 1. The van der Waals surface area contributed by atoms with Gasteiger partial charge in [-0.25, -0.2) is 0 Å². The summed E-state index contributed by atoms with van der Waals surface area (Å²) >= 11 is 0. The number of nitrogens with zero attached hydrogens (tertiary/aromatic N) is 4. The lowest BCUT2D eigenvalue weighted by Gasteiger charge is -2.25. The number of hydrogen-bond donors (Lipinski definition) is 5. The zero-order valence-corrected chi connectivity index (χ0v) is 20.4. The second-order valence-corrected chi connectivity index (χ2v) is 9.08. The predicted molar refractivity (Wildman–Crippen MR) is 130 cm³/mol. The molecule has 13 heteroatoms. The molecule has 0 saturated carbocycles. The van der Waals surface area contributed by atoms with Crippen LogP contribution < -0.4 is 15.5 Å². The molecule has 1 unspecified atom stereocenters. The topological polar surface area (TPSA) is 186 Å². The van der Waals surface area contributed by atoms with E-state index in [1.807, 2.05) is 26.0 Å². The number of aromatic amines is 2. The third-order valence-electron chi connectivity index (χ3n) is 6.13. The van der Waals surface area contributed by atoms with Gasteiger partial charge in [0.2, 0.25) is 11.8 Å². The fraction of sp³-hybridized carbons (Fsp3) is 0.375. The molecular weight excluding hydrogens is 480 g/mol. The number of para-hydroxylation sites is 1. The molecule has 0 saturated heterocycles. The Hall–Kier alpha value is -4.55. The molecule has 0 spiro atoms. The predicted octanol–water partition coefficient (Wildman–Crippen LogP) is 1.09. The van der Waals surface area contributed by atoms with Crippen molar-refractivity contribution < 1.29 is 24.3 Å². The lowest BCUT2D eigenvalue weighted by molar-refractivity contribution is -0.139. The van der Waals surface area contributed by atoms with Gasteiger partial charge in [0.05, 0.1) is 19.0 Å². The highest BCUT2D eigenvalue weighted by molar-refractivity contribution is 6.10. The van der Waals surface area contributed by atoms with Gasteiger partial charge in [-0.05, 0) is 29.7 Å². The Balaban J connectivity index is 1.53. The highest BCUT2D eigenvalue weighted by atomic mass is 16.4. The highest BCUT2D eigenvalue weighted by Crippen LogP contribution is 2.34. The summed E-state index contributed by atoms with van der Waals surface area (Å²) < 4.78 is 0. The average Bonchev–Trinajstić information content (AvgIpc) is 3.63. The number of H-pyrrole nitrogens is 2. The number of rotatable bonds is 10. The summed E-state index contributed by atoms with van der Waals surface area (Å²) in [6.45, 7) is 3.88. The first-order valence-electron chi connectivity index (χ1n) is 11.9. The van der Waals surface area contributed by atoms with Crippen LogP contribution in [0.3, 0.4) is 0 Å². The van der Waals surface area contributed by atoms with Gasteiger partial charge in [-0.2, -0.15) is 5.21 Å². The third kappa shape index (κ3) is 5.82. The van der Waals surface area contributed by atoms with Gasteiger partial charge in [0.15, 0.2) is 5.82 Å². The SMILES string of the molecule is CC(C)C(NC(=O)CCC(=O)O)c1ccc(C(=O)N2c3ccccc3C[C@H]2C(=O)NCc2nn[nH]n2)[nH]1. The Morgan fingerprint density at radius 2 is 1.92 bits per heavy atom. The first-order valence-corrected chi connectivity index (χ1v) is 11.9. The summed E-state index contributed by atoms with van der Waals surface area (Å²) in [4.78, 5) is 54.4. The molecule has 4 rings (SSSR count). The number of carboxylic acid groups (broad SMARTS) is 1. The van der Waals surface area contributed by atoms with E-state index >= 15 is 0 Å². The van der Waals surface area contributed by atoms with E-state index in [0.29, 0.717) is 23.6 Å². The van der Waals surface area contributed by atoms with Crippen molar-refractivity contribution in [3.05, 3.63) is 59.2 Å². The van der Waals surface area contributed by atoms with Crippen LogP contribution in [0.25, 0.3) is 0 Å². The van der Waals surface area contributed by atoms with Gasteiger partial charge < -0.3 is 20.7 Å². The summed E-state index contributed by atoms with van der Waals surface area (Å²) in [7, 11) is 0. The molecule has 3 aromatic rings. The van der Waals surface area contributed by atoms with Crippen molar-refractivity contribution in [3.8, 4) is 0 Å². The zero-order chi connectivity index (χ0) is 26.5. The molecule has 0 bridgehead atoms. The monoisotopic (exact) mass is 508 g/mol. The van der Waals surface area contributed by atoms with E-state index in [4.69, 9.17) is 5.11 Å². The minimum absolute atomic E-state index is 0.0356. The van der Waals surface area contributed by atoms with Crippen molar-refractivity contribution in [1.29, 1.82) is 0 Å². The Labute approximate surface area is 212 Å². The van der Waals surface area contributed by atoms with Crippen molar-refractivity contribution >= 4 is 29.4 Å². The van der Waals surface area contributed by atoms with E-state index in [0.717, 1.165) is 5.56 Å². The Kier molecular flexibility index (Phi) is 7.60. The number of tetrazole rings is 1. The molecule has 0 fully saturated rings. The van der Waals surface area contributed by atoms with Crippen LogP contribution in [0.1, 0.15) is 60.3 Å². The van der Waals surface area contributed by atoms with Crippen molar-refractivity contribution in [2.45, 2.75) is 51.7 Å². The van der Waals surface area contributed by atoms with Crippen molar-refractivity contribution in [2.75, 3.05) is 4.90 Å². The van der Waals surface area contributed by atoms with Crippen molar-refractivity contribution in [1.82, 2.24) is 36.2 Å². The fourth-order valence-corrected chi connectivity index (χ4v) is 4.31. The summed E-state index contributed by atoms with van der Waals surface area (Å²) in [6.07, 6.45) is -0.0618. The number of aromatic nitrogens is 5. The summed E-state index contributed by atoms with van der Waals surface area (Å²) in [6, 6.07) is 9.43. The Bertz CT molecular complexity index is 1290. The van der Waals surface area contributed by atoms with Crippen LogP contribution in [0.4, 0.5) is 5.69 Å². The summed E-state index contributed by atoms with van der Waals surface area (Å²) in [5.41, 5.74) is 2.37. The number of carbonyl (C=O) groups is 4. The van der Waals surface area contributed by atoms with Gasteiger partial charge in [-0.3, -0.25) is 24.1 Å². The minimum atomic E-state index is -1.05. The fourth-order valence-electron chi connectivity index (χ4n) is 4.31. The number of aliphatic carboxylic acids is 1. The Morgan fingerprint density at radius 3 is 2.62 bits per heavy atom. The summed E-state index contributed by atoms with van der Waals surface area (Å²) in [5.74, 6) is -1.91. The standard InChI is InChI=1S/C24H28N8O5/c1-13(2)22(27-20(33)9-10-21(34)35)15-7-8-16(26-15)24(37)32-17-6-4-3-5-14(17)11-18(32)23(36)25-12-19-28-30-31-29-19/h3-8,13,18,22,26H,9-12H2,1-2H3,(H,25,36)(H,27,33)(H,34,35)(H,28,29,30,31)/t18-,22?/m0/s1. The molecule has 1 aliphatic rings. The van der Waals surface area contributed by atoms with Crippen LogP contribution in [0.15, 0.2) is 36.4 Å². The minimum Gasteiger partial charge on any atom is -0.481 e. The van der Waals surface area contributed by atoms with E-state index in [-0.39, 0.29) is 36.9 Å². The second kappa shape index (κ2) is 11.0. The largest absolute Gasteiger partial charge is 0.481 e. The number of carbonyl (C=O) groups excluding carboxylic acids is 3. The van der Waals surface area contributed by atoms with E-state index in [9.17, 15) is 19.2 Å². The van der Waals surface area contributed by atoms with Gasteiger partial charge in [-0.1, -0.05) is 37.3 Å². The zero-order valence-electron chi connectivity index (χ0n) is 20.4. The molecule has 1 aliphatic heterocycles. The number of carboxylic acids is 1. The summed E-state index contributed by atoms with van der Waals surface area (Å²) in [5, 5.41) is 27.9. The molecular formula is C24H28N8O5. The molecule has 1 aromatic carbocycles. The third-order valence-corrected chi connectivity index (χ3v) is 6.13.